The van der Waals surface area contributed by atoms with E-state index in [9.17, 15) is 24.8 Å². The summed E-state index contributed by atoms with van der Waals surface area (Å²) in [6.07, 6.45) is 0. The molecular weight excluding hydrogens is 328 g/mol. The van der Waals surface area contributed by atoms with Crippen molar-refractivity contribution in [2.75, 3.05) is 5.32 Å². The van der Waals surface area contributed by atoms with Crippen LogP contribution in [0.5, 0.6) is 5.75 Å². The first-order valence-electron chi connectivity index (χ1n) is 6.11. The van der Waals surface area contributed by atoms with Crippen molar-refractivity contribution in [1.82, 2.24) is 0 Å². The molecule has 3 N–H and O–H groups in total. The maximum absolute atomic E-state index is 12.1. The number of phenolic OH excluding ortho intramolecular Hbond substituents is 1. The Kier molecular flexibility index (Phi) is 4.47. The van der Waals surface area contributed by atoms with E-state index in [-0.39, 0.29) is 21.8 Å². The summed E-state index contributed by atoms with van der Waals surface area (Å²) in [6, 6.07) is 6.83. The van der Waals surface area contributed by atoms with Crippen molar-refractivity contribution in [1.29, 1.82) is 0 Å². The number of amides is 1. The molecule has 0 aromatic heterocycles. The van der Waals surface area contributed by atoms with Gasteiger partial charge in [0.25, 0.3) is 11.6 Å². The molecule has 0 saturated carbocycles. The van der Waals surface area contributed by atoms with Crippen LogP contribution in [0.15, 0.2) is 36.4 Å². The molecule has 0 fully saturated rings. The van der Waals surface area contributed by atoms with E-state index in [0.29, 0.717) is 0 Å². The first-order chi connectivity index (χ1) is 10.8. The van der Waals surface area contributed by atoms with Gasteiger partial charge in [-0.3, -0.25) is 14.9 Å². The topological polar surface area (TPSA) is 130 Å². The van der Waals surface area contributed by atoms with Crippen LogP contribution in [0.25, 0.3) is 0 Å². The molecule has 0 unspecified atom stereocenters. The Bertz CT molecular complexity index is 821. The highest BCUT2D eigenvalue weighted by Gasteiger charge is 2.21. The zero-order chi connectivity index (χ0) is 17.1. The molecule has 2 aromatic rings. The molecule has 23 heavy (non-hydrogen) atoms. The number of phenols is 1. The van der Waals surface area contributed by atoms with E-state index in [0.717, 1.165) is 12.1 Å². The second kappa shape index (κ2) is 6.32. The van der Waals surface area contributed by atoms with E-state index in [1.165, 1.54) is 24.3 Å². The number of aromatic hydroxyl groups is 1. The van der Waals surface area contributed by atoms with E-state index < -0.39 is 28.2 Å². The molecule has 8 nitrogen and oxygen atoms in total. The summed E-state index contributed by atoms with van der Waals surface area (Å²) in [6.45, 7) is 0. The fourth-order valence-corrected chi connectivity index (χ4v) is 1.97. The SMILES string of the molecule is O=C(O)c1ccc(NC(=O)c2ccc(Cl)cc2[N+](=O)[O-])c(O)c1. The third kappa shape index (κ3) is 3.55. The van der Waals surface area contributed by atoms with Crippen LogP contribution in [-0.2, 0) is 0 Å². The van der Waals surface area contributed by atoms with Gasteiger partial charge >= 0.3 is 5.97 Å². The fourth-order valence-electron chi connectivity index (χ4n) is 1.81. The lowest BCUT2D eigenvalue weighted by Gasteiger charge is -2.08. The monoisotopic (exact) mass is 336 g/mol. The third-order valence-electron chi connectivity index (χ3n) is 2.89. The summed E-state index contributed by atoms with van der Waals surface area (Å²) >= 11 is 5.67. The number of benzene rings is 2. The van der Waals surface area contributed by atoms with Crippen LogP contribution in [-0.4, -0.2) is 27.0 Å². The van der Waals surface area contributed by atoms with Gasteiger partial charge in [-0.15, -0.1) is 0 Å². The van der Waals surface area contributed by atoms with Crippen LogP contribution >= 0.6 is 11.6 Å². The van der Waals surface area contributed by atoms with Crippen LogP contribution in [0, 0.1) is 10.1 Å². The van der Waals surface area contributed by atoms with Crippen molar-refractivity contribution in [2.24, 2.45) is 0 Å². The third-order valence-corrected chi connectivity index (χ3v) is 3.13. The molecule has 2 rings (SSSR count). The normalized spacial score (nSPS) is 10.1. The van der Waals surface area contributed by atoms with Crippen molar-refractivity contribution in [3.05, 3.63) is 62.7 Å². The lowest BCUT2D eigenvalue weighted by Crippen LogP contribution is -2.14. The molecule has 0 bridgehead atoms. The lowest BCUT2D eigenvalue weighted by molar-refractivity contribution is -0.385. The van der Waals surface area contributed by atoms with Crippen LogP contribution in [0.1, 0.15) is 20.7 Å². The molecule has 0 aliphatic rings. The van der Waals surface area contributed by atoms with E-state index in [4.69, 9.17) is 16.7 Å². The number of carbonyl (C=O) groups excluding carboxylic acids is 1. The number of nitro benzene ring substituents is 1. The van der Waals surface area contributed by atoms with Gasteiger partial charge in [0, 0.05) is 11.1 Å². The number of carboxylic acid groups (broad SMARTS) is 1. The van der Waals surface area contributed by atoms with E-state index in [1.807, 2.05) is 0 Å². The fraction of sp³-hybridized carbons (Fsp3) is 0. The zero-order valence-electron chi connectivity index (χ0n) is 11.3. The van der Waals surface area contributed by atoms with E-state index in [1.54, 1.807) is 0 Å². The average molecular weight is 337 g/mol. The van der Waals surface area contributed by atoms with Crippen molar-refractivity contribution >= 4 is 34.9 Å². The predicted octanol–water partition coefficient (Wildman–Crippen LogP) is 2.90. The number of aromatic carboxylic acids is 1. The van der Waals surface area contributed by atoms with Crippen LogP contribution in [0.2, 0.25) is 5.02 Å². The highest BCUT2D eigenvalue weighted by molar-refractivity contribution is 6.31. The van der Waals surface area contributed by atoms with Gasteiger partial charge in [-0.05, 0) is 30.3 Å². The summed E-state index contributed by atoms with van der Waals surface area (Å²) < 4.78 is 0. The zero-order valence-corrected chi connectivity index (χ0v) is 12.1. The summed E-state index contributed by atoms with van der Waals surface area (Å²) in [5.74, 6) is -2.56. The number of hydrogen-bond donors (Lipinski definition) is 3. The minimum Gasteiger partial charge on any atom is -0.506 e. The Morgan fingerprint density at radius 2 is 1.87 bits per heavy atom. The largest absolute Gasteiger partial charge is 0.506 e. The molecule has 9 heteroatoms. The van der Waals surface area contributed by atoms with Crippen LogP contribution < -0.4 is 5.32 Å². The second-order valence-corrected chi connectivity index (χ2v) is 4.85. The van der Waals surface area contributed by atoms with Crippen molar-refractivity contribution in [3.8, 4) is 5.75 Å². The summed E-state index contributed by atoms with van der Waals surface area (Å²) in [5.41, 5.74) is -0.986. The van der Waals surface area contributed by atoms with Crippen molar-refractivity contribution in [2.45, 2.75) is 0 Å². The van der Waals surface area contributed by atoms with Gasteiger partial charge in [0.15, 0.2) is 0 Å². The maximum Gasteiger partial charge on any atom is 0.335 e. The Labute approximate surface area is 134 Å². The molecule has 118 valence electrons. The number of rotatable bonds is 4. The van der Waals surface area contributed by atoms with E-state index >= 15 is 0 Å². The molecule has 0 saturated heterocycles. The molecule has 0 aliphatic heterocycles. The molecule has 0 spiro atoms. The van der Waals surface area contributed by atoms with Gasteiger partial charge in [-0.1, -0.05) is 11.6 Å². The molecule has 1 amide bonds. The molecular formula is C14H9ClN2O6. The Morgan fingerprint density at radius 3 is 2.43 bits per heavy atom. The summed E-state index contributed by atoms with van der Waals surface area (Å²) in [5, 5.41) is 31.9. The summed E-state index contributed by atoms with van der Waals surface area (Å²) in [7, 11) is 0. The maximum atomic E-state index is 12.1. The van der Waals surface area contributed by atoms with Crippen molar-refractivity contribution in [3.63, 3.8) is 0 Å². The molecule has 0 heterocycles. The highest BCUT2D eigenvalue weighted by Crippen LogP contribution is 2.27. The van der Waals surface area contributed by atoms with Gasteiger partial charge in [-0.2, -0.15) is 0 Å². The molecule has 0 aliphatic carbocycles. The predicted molar refractivity (Wildman–Crippen MR) is 81.1 cm³/mol. The number of nitro groups is 1. The number of nitrogens with zero attached hydrogens (tertiary/aromatic N) is 1. The number of carbonyl (C=O) groups is 2. The highest BCUT2D eigenvalue weighted by atomic mass is 35.5. The minimum atomic E-state index is -1.24. The number of carboxylic acids is 1. The Balaban J connectivity index is 2.33. The minimum absolute atomic E-state index is 0.0794. The number of nitrogens with one attached hydrogen (secondary N) is 1. The van der Waals surface area contributed by atoms with Crippen LogP contribution in [0.4, 0.5) is 11.4 Å². The smallest absolute Gasteiger partial charge is 0.335 e. The first kappa shape index (κ1) is 16.2. The number of hydrogen-bond acceptors (Lipinski definition) is 5. The van der Waals surface area contributed by atoms with E-state index in [2.05, 4.69) is 5.32 Å². The van der Waals surface area contributed by atoms with Gasteiger partial charge in [-0.25, -0.2) is 4.79 Å². The van der Waals surface area contributed by atoms with Gasteiger partial charge < -0.3 is 15.5 Å². The van der Waals surface area contributed by atoms with Crippen LogP contribution in [0.3, 0.4) is 0 Å². The van der Waals surface area contributed by atoms with Gasteiger partial charge in [0.05, 0.1) is 16.2 Å². The molecule has 0 atom stereocenters. The Hall–Kier alpha value is -3.13. The quantitative estimate of drug-likeness (QED) is 0.447. The van der Waals surface area contributed by atoms with Gasteiger partial charge in [0.1, 0.15) is 11.3 Å². The van der Waals surface area contributed by atoms with Gasteiger partial charge in [0.2, 0.25) is 0 Å². The lowest BCUT2D eigenvalue weighted by atomic mass is 10.1. The molecule has 0 radical (unpaired) electrons. The standard InChI is InChI=1S/C14H9ClN2O6/c15-8-2-3-9(11(6-8)17(22)23)13(19)16-10-4-1-7(14(20)21)5-12(10)18/h1-6,18H,(H,16,19)(H,20,21). The first-order valence-corrected chi connectivity index (χ1v) is 6.49. The average Bonchev–Trinajstić information content (AvgIpc) is 2.48. The Morgan fingerprint density at radius 1 is 1.17 bits per heavy atom. The molecule has 2 aromatic carbocycles. The number of anilines is 1. The summed E-state index contributed by atoms with van der Waals surface area (Å²) in [4.78, 5) is 33.1. The van der Waals surface area contributed by atoms with Crippen molar-refractivity contribution < 1.29 is 24.7 Å². The number of halogens is 1. The second-order valence-electron chi connectivity index (χ2n) is 4.41.